The van der Waals surface area contributed by atoms with Crippen LogP contribution in [0.5, 0.6) is 0 Å². The quantitative estimate of drug-likeness (QED) is 0.221. The van der Waals surface area contributed by atoms with E-state index in [1.165, 1.54) is 11.8 Å². The van der Waals surface area contributed by atoms with Gasteiger partial charge in [-0.25, -0.2) is 9.97 Å². The molecule has 0 spiro atoms. The molecule has 0 atom stereocenters. The third kappa shape index (κ3) is 5.41. The number of halogens is 1. The average molecular weight is 475 g/mol. The Hall–Kier alpha value is -1.63. The standard InChI is InChI=1S/C24H27ClN2O2S2/c1-24(2,3)16-6-10-18(11-7-16)29-20(28)13-31-23-21-19(12-30-22(21)26-14-27-23)15-4-8-17(25)9-5-15/h4-5,8-9,12,14,16,18H,6-7,10-11,13H2,1-3H3. The number of hydrogen-bond acceptors (Lipinski definition) is 6. The highest BCUT2D eigenvalue weighted by molar-refractivity contribution is 8.00. The Morgan fingerprint density at radius 1 is 1.16 bits per heavy atom. The molecule has 1 aliphatic rings. The number of fused-ring (bicyclic) bond motifs is 1. The molecule has 3 aromatic rings. The van der Waals surface area contributed by atoms with E-state index in [1.807, 2.05) is 24.3 Å². The first-order valence-electron chi connectivity index (χ1n) is 10.6. The summed E-state index contributed by atoms with van der Waals surface area (Å²) in [5, 5.41) is 4.58. The largest absolute Gasteiger partial charge is 0.462 e. The number of rotatable bonds is 5. The molecule has 31 heavy (non-hydrogen) atoms. The highest BCUT2D eigenvalue weighted by atomic mass is 35.5. The minimum atomic E-state index is -0.167. The van der Waals surface area contributed by atoms with E-state index in [2.05, 4.69) is 36.1 Å². The summed E-state index contributed by atoms with van der Waals surface area (Å²) in [6.45, 7) is 6.89. The molecule has 2 aromatic heterocycles. The van der Waals surface area contributed by atoms with Crippen molar-refractivity contribution in [1.82, 2.24) is 9.97 Å². The van der Waals surface area contributed by atoms with Gasteiger partial charge in [-0.1, -0.05) is 56.3 Å². The van der Waals surface area contributed by atoms with Gasteiger partial charge < -0.3 is 4.74 Å². The molecule has 0 aliphatic heterocycles. The Morgan fingerprint density at radius 2 is 1.87 bits per heavy atom. The topological polar surface area (TPSA) is 52.1 Å². The first-order chi connectivity index (χ1) is 14.8. The van der Waals surface area contributed by atoms with Gasteiger partial charge in [0.2, 0.25) is 0 Å². The zero-order chi connectivity index (χ0) is 22.0. The van der Waals surface area contributed by atoms with Gasteiger partial charge >= 0.3 is 5.97 Å². The maximum absolute atomic E-state index is 12.5. The molecule has 1 aromatic carbocycles. The van der Waals surface area contributed by atoms with E-state index < -0.39 is 0 Å². The molecule has 0 radical (unpaired) electrons. The van der Waals surface area contributed by atoms with Gasteiger partial charge in [0.25, 0.3) is 0 Å². The first kappa shape index (κ1) is 22.6. The summed E-state index contributed by atoms with van der Waals surface area (Å²) in [6.07, 6.45) is 5.78. The molecule has 1 fully saturated rings. The van der Waals surface area contributed by atoms with Gasteiger partial charge in [-0.15, -0.1) is 11.3 Å². The second-order valence-electron chi connectivity index (χ2n) is 9.13. The van der Waals surface area contributed by atoms with E-state index >= 15 is 0 Å². The number of aromatic nitrogens is 2. The fourth-order valence-corrected chi connectivity index (χ4v) is 6.09. The summed E-state index contributed by atoms with van der Waals surface area (Å²) in [6, 6.07) is 7.74. The van der Waals surface area contributed by atoms with Crippen LogP contribution in [0.2, 0.25) is 5.02 Å². The van der Waals surface area contributed by atoms with Crippen molar-refractivity contribution in [3.8, 4) is 11.1 Å². The maximum atomic E-state index is 12.5. The first-order valence-corrected chi connectivity index (χ1v) is 12.9. The second-order valence-corrected chi connectivity index (χ2v) is 11.4. The van der Waals surface area contributed by atoms with Gasteiger partial charge in [-0.05, 0) is 54.7 Å². The van der Waals surface area contributed by atoms with Crippen molar-refractivity contribution in [2.45, 2.75) is 57.6 Å². The predicted molar refractivity (Wildman–Crippen MR) is 130 cm³/mol. The molecule has 0 N–H and O–H groups in total. The van der Waals surface area contributed by atoms with Crippen LogP contribution in [0.3, 0.4) is 0 Å². The minimum absolute atomic E-state index is 0.0443. The number of ether oxygens (including phenoxy) is 1. The number of hydrogen-bond donors (Lipinski definition) is 0. The highest BCUT2D eigenvalue weighted by Gasteiger charge is 2.31. The van der Waals surface area contributed by atoms with Crippen LogP contribution >= 0.6 is 34.7 Å². The zero-order valence-corrected chi connectivity index (χ0v) is 20.4. The summed E-state index contributed by atoms with van der Waals surface area (Å²) < 4.78 is 5.78. The number of carbonyl (C=O) groups excluding carboxylic acids is 1. The lowest BCUT2D eigenvalue weighted by atomic mass is 9.72. The number of nitrogens with zero attached hydrogens (tertiary/aromatic N) is 2. The summed E-state index contributed by atoms with van der Waals surface area (Å²) in [7, 11) is 0. The summed E-state index contributed by atoms with van der Waals surface area (Å²) in [5.41, 5.74) is 2.45. The van der Waals surface area contributed by atoms with Gasteiger partial charge in [-0.3, -0.25) is 4.79 Å². The lowest BCUT2D eigenvalue weighted by molar-refractivity contribution is -0.148. The number of esters is 1. The SMILES string of the molecule is CC(C)(C)C1CCC(OC(=O)CSc2ncnc3scc(-c4ccc(Cl)cc4)c23)CC1. The average Bonchev–Trinajstić information content (AvgIpc) is 3.17. The van der Waals surface area contributed by atoms with E-state index in [0.717, 1.165) is 52.1 Å². The van der Waals surface area contributed by atoms with Gasteiger partial charge in [0, 0.05) is 16.0 Å². The highest BCUT2D eigenvalue weighted by Crippen LogP contribution is 2.40. The van der Waals surface area contributed by atoms with Gasteiger partial charge in [0.15, 0.2) is 0 Å². The van der Waals surface area contributed by atoms with Crippen molar-refractivity contribution < 1.29 is 9.53 Å². The molecule has 0 saturated heterocycles. The Bertz CT molecular complexity index is 1050. The normalized spacial score (nSPS) is 19.5. The smallest absolute Gasteiger partial charge is 0.316 e. The van der Waals surface area contributed by atoms with Crippen molar-refractivity contribution in [1.29, 1.82) is 0 Å². The molecule has 164 valence electrons. The molecular weight excluding hydrogens is 448 g/mol. The Kier molecular flexibility index (Phi) is 6.89. The van der Waals surface area contributed by atoms with E-state index in [4.69, 9.17) is 16.3 Å². The second kappa shape index (κ2) is 9.47. The maximum Gasteiger partial charge on any atom is 0.316 e. The van der Waals surface area contributed by atoms with Gasteiger partial charge in [0.1, 0.15) is 22.3 Å². The number of carbonyl (C=O) groups is 1. The molecule has 0 unspecified atom stereocenters. The van der Waals surface area contributed by atoms with Crippen molar-refractivity contribution in [2.75, 3.05) is 5.75 Å². The zero-order valence-electron chi connectivity index (χ0n) is 18.1. The Morgan fingerprint density at radius 3 is 2.55 bits per heavy atom. The van der Waals surface area contributed by atoms with Crippen LogP contribution in [0.1, 0.15) is 46.5 Å². The fraction of sp³-hybridized carbons (Fsp3) is 0.458. The van der Waals surface area contributed by atoms with E-state index in [9.17, 15) is 4.79 Å². The molecule has 4 rings (SSSR count). The molecule has 7 heteroatoms. The minimum Gasteiger partial charge on any atom is -0.462 e. The number of thioether (sulfide) groups is 1. The molecule has 2 heterocycles. The van der Waals surface area contributed by atoms with Crippen LogP contribution in [-0.4, -0.2) is 27.8 Å². The molecule has 0 bridgehead atoms. The monoisotopic (exact) mass is 474 g/mol. The van der Waals surface area contributed by atoms with Gasteiger partial charge in [-0.2, -0.15) is 0 Å². The number of thiophene rings is 1. The van der Waals surface area contributed by atoms with Crippen molar-refractivity contribution in [3.63, 3.8) is 0 Å². The summed E-state index contributed by atoms with van der Waals surface area (Å²) in [5.74, 6) is 0.788. The molecule has 4 nitrogen and oxygen atoms in total. The van der Waals surface area contributed by atoms with Crippen molar-refractivity contribution in [2.24, 2.45) is 11.3 Å². The Balaban J connectivity index is 1.41. The van der Waals surface area contributed by atoms with Crippen LogP contribution in [0, 0.1) is 11.3 Å². The number of benzene rings is 1. The predicted octanol–water partition coefficient (Wildman–Crippen LogP) is 7.25. The summed E-state index contributed by atoms with van der Waals surface area (Å²) >= 11 is 9.04. The van der Waals surface area contributed by atoms with Crippen LogP contribution < -0.4 is 0 Å². The van der Waals surface area contributed by atoms with Gasteiger partial charge in [0.05, 0.1) is 11.1 Å². The third-order valence-corrected chi connectivity index (χ3v) is 8.12. The molecule has 1 aliphatic carbocycles. The van der Waals surface area contributed by atoms with E-state index in [0.29, 0.717) is 16.4 Å². The van der Waals surface area contributed by atoms with Crippen LogP contribution in [-0.2, 0) is 9.53 Å². The van der Waals surface area contributed by atoms with Crippen molar-refractivity contribution in [3.05, 3.63) is 41.0 Å². The van der Waals surface area contributed by atoms with Crippen molar-refractivity contribution >= 4 is 50.9 Å². The van der Waals surface area contributed by atoms with Crippen LogP contribution in [0.4, 0.5) is 0 Å². The molecule has 0 amide bonds. The fourth-order valence-electron chi connectivity index (χ4n) is 4.19. The molecular formula is C24H27ClN2O2S2. The lowest BCUT2D eigenvalue weighted by Gasteiger charge is -2.36. The van der Waals surface area contributed by atoms with E-state index in [1.54, 1.807) is 17.7 Å². The van der Waals surface area contributed by atoms with E-state index in [-0.39, 0.29) is 17.8 Å². The summed E-state index contributed by atoms with van der Waals surface area (Å²) in [4.78, 5) is 22.3. The molecule has 1 saturated carbocycles. The third-order valence-electron chi connectivity index (χ3n) is 6.01. The lowest BCUT2D eigenvalue weighted by Crippen LogP contribution is -2.30. The Labute approximate surface area is 196 Å². The van der Waals surface area contributed by atoms with Crippen LogP contribution in [0.25, 0.3) is 21.3 Å². The van der Waals surface area contributed by atoms with Crippen LogP contribution in [0.15, 0.2) is 41.0 Å².